The van der Waals surface area contributed by atoms with Crippen molar-refractivity contribution in [3.63, 3.8) is 0 Å². The zero-order valence-corrected chi connectivity index (χ0v) is 12.0. The van der Waals surface area contributed by atoms with E-state index >= 15 is 0 Å². The summed E-state index contributed by atoms with van der Waals surface area (Å²) in [5.41, 5.74) is 1.93. The van der Waals surface area contributed by atoms with Crippen LogP contribution in [0.2, 0.25) is 0 Å². The van der Waals surface area contributed by atoms with Crippen LogP contribution in [0.15, 0.2) is 28.8 Å². The van der Waals surface area contributed by atoms with Crippen molar-refractivity contribution in [3.8, 4) is 0 Å². The molecule has 21 heavy (non-hydrogen) atoms. The number of para-hydroxylation sites is 2. The number of imidazole rings is 1. The van der Waals surface area contributed by atoms with Gasteiger partial charge in [-0.15, -0.1) is 0 Å². The van der Waals surface area contributed by atoms with Gasteiger partial charge in [0.05, 0.1) is 29.5 Å². The molecule has 1 aromatic carbocycles. The van der Waals surface area contributed by atoms with Gasteiger partial charge in [-0.25, -0.2) is 4.98 Å². The van der Waals surface area contributed by atoms with Crippen molar-refractivity contribution in [1.29, 1.82) is 0 Å². The maximum atomic E-state index is 9.87. The summed E-state index contributed by atoms with van der Waals surface area (Å²) in [4.78, 5) is 12.1. The lowest BCUT2D eigenvalue weighted by Gasteiger charge is -2.06. The first-order valence-electron chi connectivity index (χ1n) is 6.81. The summed E-state index contributed by atoms with van der Waals surface area (Å²) in [6.45, 7) is 0. The molecule has 2 unspecified atom stereocenters. The van der Waals surface area contributed by atoms with Crippen LogP contribution in [0.1, 0.15) is 23.5 Å². The number of H-pyrrole nitrogens is 1. The third-order valence-corrected chi connectivity index (χ3v) is 4.79. The van der Waals surface area contributed by atoms with Crippen LogP contribution >= 0.6 is 11.8 Å². The molecular formula is C14H14N4O2S. The molecule has 6 nitrogen and oxygen atoms in total. The molecule has 1 aliphatic heterocycles. The van der Waals surface area contributed by atoms with Crippen LogP contribution in [0.3, 0.4) is 0 Å². The monoisotopic (exact) mass is 302 g/mol. The molecule has 3 aromatic rings. The van der Waals surface area contributed by atoms with Gasteiger partial charge in [0, 0.05) is 11.5 Å². The fourth-order valence-electron chi connectivity index (χ4n) is 2.51. The predicted molar refractivity (Wildman–Crippen MR) is 79.3 cm³/mol. The predicted octanol–water partition coefficient (Wildman–Crippen LogP) is 1.73. The van der Waals surface area contributed by atoms with Gasteiger partial charge in [-0.3, -0.25) is 0 Å². The quantitative estimate of drug-likeness (QED) is 0.766. The summed E-state index contributed by atoms with van der Waals surface area (Å²) < 4.78 is 5.29. The van der Waals surface area contributed by atoms with E-state index in [9.17, 15) is 5.11 Å². The lowest BCUT2D eigenvalue weighted by atomic mass is 10.1. The normalized spacial score (nSPS) is 22.1. The topological polar surface area (TPSA) is 87.8 Å². The summed E-state index contributed by atoms with van der Waals surface area (Å²) in [7, 11) is 0. The third kappa shape index (κ3) is 2.43. The highest BCUT2D eigenvalue weighted by atomic mass is 32.2. The van der Waals surface area contributed by atoms with E-state index in [4.69, 9.17) is 4.52 Å². The first kappa shape index (κ1) is 12.8. The van der Waals surface area contributed by atoms with E-state index in [2.05, 4.69) is 20.1 Å². The molecule has 7 heteroatoms. The molecule has 1 saturated heterocycles. The molecule has 0 aliphatic carbocycles. The number of aromatic amines is 1. The van der Waals surface area contributed by atoms with Gasteiger partial charge in [0.1, 0.15) is 5.82 Å². The Labute approximate surface area is 125 Å². The number of hydrogen-bond acceptors (Lipinski definition) is 6. The summed E-state index contributed by atoms with van der Waals surface area (Å²) in [5, 5.41) is 13.9. The van der Waals surface area contributed by atoms with E-state index in [1.807, 2.05) is 24.3 Å². The molecule has 0 radical (unpaired) electrons. The Hall–Kier alpha value is -1.86. The zero-order chi connectivity index (χ0) is 14.2. The number of aromatic nitrogens is 4. The number of rotatable bonds is 3. The van der Waals surface area contributed by atoms with Crippen molar-refractivity contribution in [2.45, 2.75) is 18.4 Å². The Bertz CT molecular complexity index is 736. The van der Waals surface area contributed by atoms with Crippen molar-refractivity contribution >= 4 is 22.8 Å². The molecular weight excluding hydrogens is 288 g/mol. The SMILES string of the molecule is OC1CSCC1c1nc(Cc2nc3ccccc3[nH]2)no1. The van der Waals surface area contributed by atoms with E-state index in [1.54, 1.807) is 11.8 Å². The minimum absolute atomic E-state index is 0.0491. The number of aliphatic hydroxyl groups is 1. The molecule has 0 spiro atoms. The molecule has 108 valence electrons. The molecule has 0 amide bonds. The Balaban J connectivity index is 1.55. The Morgan fingerprint density at radius 2 is 2.19 bits per heavy atom. The van der Waals surface area contributed by atoms with Crippen LogP contribution < -0.4 is 0 Å². The fourth-order valence-corrected chi connectivity index (χ4v) is 3.74. The van der Waals surface area contributed by atoms with Gasteiger partial charge in [-0.1, -0.05) is 17.3 Å². The summed E-state index contributed by atoms with van der Waals surface area (Å²) in [6, 6.07) is 7.87. The highest BCUT2D eigenvalue weighted by Crippen LogP contribution is 2.31. The molecule has 2 aromatic heterocycles. The number of thioether (sulfide) groups is 1. The van der Waals surface area contributed by atoms with Gasteiger partial charge in [-0.2, -0.15) is 16.7 Å². The van der Waals surface area contributed by atoms with Gasteiger partial charge < -0.3 is 14.6 Å². The average Bonchev–Trinajstić information content (AvgIpc) is 3.17. The van der Waals surface area contributed by atoms with Crippen molar-refractivity contribution in [3.05, 3.63) is 41.8 Å². The zero-order valence-electron chi connectivity index (χ0n) is 11.2. The van der Waals surface area contributed by atoms with Crippen molar-refractivity contribution in [2.24, 2.45) is 0 Å². The van der Waals surface area contributed by atoms with E-state index < -0.39 is 6.10 Å². The van der Waals surface area contributed by atoms with Gasteiger partial charge >= 0.3 is 0 Å². The Morgan fingerprint density at radius 3 is 3.00 bits per heavy atom. The molecule has 0 bridgehead atoms. The first-order chi connectivity index (χ1) is 10.3. The number of benzene rings is 1. The molecule has 2 N–H and O–H groups in total. The van der Waals surface area contributed by atoms with Gasteiger partial charge in [0.2, 0.25) is 5.89 Å². The second-order valence-electron chi connectivity index (χ2n) is 5.14. The highest BCUT2D eigenvalue weighted by molar-refractivity contribution is 7.99. The van der Waals surface area contributed by atoms with Crippen LogP contribution in [0.4, 0.5) is 0 Å². The second-order valence-corrected chi connectivity index (χ2v) is 6.21. The number of fused-ring (bicyclic) bond motifs is 1. The second kappa shape index (κ2) is 5.16. The smallest absolute Gasteiger partial charge is 0.233 e. The minimum Gasteiger partial charge on any atom is -0.391 e. The van der Waals surface area contributed by atoms with Crippen LogP contribution in [-0.4, -0.2) is 42.8 Å². The first-order valence-corrected chi connectivity index (χ1v) is 7.97. The lowest BCUT2D eigenvalue weighted by Crippen LogP contribution is -2.15. The Morgan fingerprint density at radius 1 is 1.29 bits per heavy atom. The number of hydrogen-bond donors (Lipinski definition) is 2. The molecule has 0 saturated carbocycles. The molecule has 2 atom stereocenters. The third-order valence-electron chi connectivity index (χ3n) is 3.62. The van der Waals surface area contributed by atoms with E-state index in [-0.39, 0.29) is 5.92 Å². The fraction of sp³-hybridized carbons (Fsp3) is 0.357. The number of aliphatic hydroxyl groups excluding tert-OH is 1. The van der Waals surface area contributed by atoms with E-state index in [0.717, 1.165) is 28.4 Å². The Kier molecular flexibility index (Phi) is 3.16. The van der Waals surface area contributed by atoms with Gasteiger partial charge in [0.25, 0.3) is 0 Å². The molecule has 1 aliphatic rings. The average molecular weight is 302 g/mol. The van der Waals surface area contributed by atoms with Crippen LogP contribution in [0, 0.1) is 0 Å². The van der Waals surface area contributed by atoms with E-state index in [0.29, 0.717) is 18.1 Å². The summed E-state index contributed by atoms with van der Waals surface area (Å²) in [6.07, 6.45) is 0.100. The van der Waals surface area contributed by atoms with Crippen LogP contribution in [-0.2, 0) is 6.42 Å². The highest BCUT2D eigenvalue weighted by Gasteiger charge is 2.32. The van der Waals surface area contributed by atoms with Gasteiger partial charge in [-0.05, 0) is 12.1 Å². The maximum Gasteiger partial charge on any atom is 0.233 e. The minimum atomic E-state index is -0.394. The van der Waals surface area contributed by atoms with E-state index in [1.165, 1.54) is 0 Å². The molecule has 1 fully saturated rings. The molecule has 3 heterocycles. The lowest BCUT2D eigenvalue weighted by molar-refractivity contribution is 0.164. The van der Waals surface area contributed by atoms with Crippen molar-refractivity contribution in [1.82, 2.24) is 20.1 Å². The number of nitrogens with zero attached hydrogens (tertiary/aromatic N) is 3. The van der Waals surface area contributed by atoms with Crippen LogP contribution in [0.25, 0.3) is 11.0 Å². The van der Waals surface area contributed by atoms with Crippen molar-refractivity contribution < 1.29 is 9.63 Å². The summed E-state index contributed by atoms with van der Waals surface area (Å²) >= 11 is 1.71. The van der Waals surface area contributed by atoms with Crippen molar-refractivity contribution in [2.75, 3.05) is 11.5 Å². The largest absolute Gasteiger partial charge is 0.391 e. The molecule has 4 rings (SSSR count). The number of nitrogens with one attached hydrogen (secondary N) is 1. The standard InChI is InChI=1S/C14H14N4O2S/c19-11-7-21-6-8(11)14-17-13(18-20-14)5-12-15-9-3-1-2-4-10(9)16-12/h1-4,8,11,19H,5-7H2,(H,15,16). The summed E-state index contributed by atoms with van der Waals surface area (Å²) in [5.74, 6) is 3.43. The van der Waals surface area contributed by atoms with Gasteiger partial charge in [0.15, 0.2) is 5.82 Å². The maximum absolute atomic E-state index is 9.87. The van der Waals surface area contributed by atoms with Crippen LogP contribution in [0.5, 0.6) is 0 Å².